The molecule has 6 heteroatoms. The molecule has 0 atom stereocenters. The molecule has 0 aliphatic rings. The van der Waals surface area contributed by atoms with Gasteiger partial charge in [-0.2, -0.15) is 0 Å². The maximum Gasteiger partial charge on any atom is 0.332 e. The van der Waals surface area contributed by atoms with E-state index in [0.717, 1.165) is 4.90 Å². The summed E-state index contributed by atoms with van der Waals surface area (Å²) in [4.78, 5) is 24.1. The molecule has 0 unspecified atom stereocenters. The topological polar surface area (TPSA) is 66.6 Å². The summed E-state index contributed by atoms with van der Waals surface area (Å²) in [6.45, 7) is 0. The van der Waals surface area contributed by atoms with Gasteiger partial charge in [-0.25, -0.2) is 18.9 Å². The number of carbonyl (C=O) groups excluding carboxylic acids is 2. The Balaban J connectivity index is 2.95. The first kappa shape index (κ1) is 12.0. The Morgan fingerprint density at radius 1 is 1.25 bits per heavy atom. The lowest BCUT2D eigenvalue weighted by Crippen LogP contribution is -2.45. The van der Waals surface area contributed by atoms with Crippen LogP contribution in [0.25, 0.3) is 0 Å². The maximum atomic E-state index is 13.3. The monoisotopic (exact) mass is 225 g/mol. The average Bonchev–Trinajstić information content (AvgIpc) is 2.26. The number of hydrogen-bond donors (Lipinski definition) is 1. The first-order valence-electron chi connectivity index (χ1n) is 4.50. The summed E-state index contributed by atoms with van der Waals surface area (Å²) in [7, 11) is 2.59. The molecule has 0 aromatic heterocycles. The van der Waals surface area contributed by atoms with Crippen molar-refractivity contribution in [3.63, 3.8) is 0 Å². The number of nitrogens with zero attached hydrogens (tertiary/aromatic N) is 2. The van der Waals surface area contributed by atoms with E-state index in [1.165, 1.54) is 32.3 Å². The summed E-state index contributed by atoms with van der Waals surface area (Å²) in [5.41, 5.74) is 5.02. The smallest absolute Gasteiger partial charge is 0.332 e. The largest absolute Gasteiger partial charge is 0.351 e. The number of carbonyl (C=O) groups is 2. The molecule has 2 N–H and O–H groups in total. The van der Waals surface area contributed by atoms with Crippen LogP contribution >= 0.6 is 0 Å². The van der Waals surface area contributed by atoms with Gasteiger partial charge < -0.3 is 5.73 Å². The van der Waals surface area contributed by atoms with Gasteiger partial charge in [-0.15, -0.1) is 0 Å². The van der Waals surface area contributed by atoms with Crippen molar-refractivity contribution in [2.24, 2.45) is 5.73 Å². The van der Waals surface area contributed by atoms with E-state index in [9.17, 15) is 14.0 Å². The summed E-state index contributed by atoms with van der Waals surface area (Å²) >= 11 is 0. The highest BCUT2D eigenvalue weighted by molar-refractivity contribution is 6.01. The molecule has 0 aliphatic carbocycles. The number of primary amides is 1. The first-order chi connectivity index (χ1) is 7.45. The molecule has 0 spiro atoms. The van der Waals surface area contributed by atoms with Crippen LogP contribution in [0.15, 0.2) is 24.3 Å². The second kappa shape index (κ2) is 4.61. The number of amides is 4. The van der Waals surface area contributed by atoms with Crippen LogP contribution in [-0.2, 0) is 0 Å². The lowest BCUT2D eigenvalue weighted by Gasteiger charge is -2.22. The van der Waals surface area contributed by atoms with Crippen LogP contribution in [0, 0.1) is 5.82 Å². The fraction of sp³-hybridized carbons (Fsp3) is 0.200. The van der Waals surface area contributed by atoms with Gasteiger partial charge in [0.25, 0.3) is 0 Å². The van der Waals surface area contributed by atoms with Gasteiger partial charge in [-0.3, -0.25) is 4.90 Å². The summed E-state index contributed by atoms with van der Waals surface area (Å²) in [5.74, 6) is -0.545. The van der Waals surface area contributed by atoms with Crippen molar-refractivity contribution < 1.29 is 14.0 Å². The number of benzene rings is 1. The molecule has 1 rings (SSSR count). The molecule has 5 nitrogen and oxygen atoms in total. The Labute approximate surface area is 92.2 Å². The van der Waals surface area contributed by atoms with Crippen LogP contribution in [0.1, 0.15) is 0 Å². The molecule has 1 aromatic rings. The van der Waals surface area contributed by atoms with Gasteiger partial charge in [0.1, 0.15) is 5.82 Å². The predicted octanol–water partition coefficient (Wildman–Crippen LogP) is 1.39. The van der Waals surface area contributed by atoms with E-state index in [1.54, 1.807) is 6.07 Å². The van der Waals surface area contributed by atoms with E-state index in [2.05, 4.69) is 0 Å². The number of hydrogen-bond acceptors (Lipinski definition) is 2. The van der Waals surface area contributed by atoms with E-state index in [4.69, 9.17) is 5.73 Å². The third-order valence-electron chi connectivity index (χ3n) is 2.12. The van der Waals surface area contributed by atoms with Gasteiger partial charge in [0.15, 0.2) is 0 Å². The molecular formula is C10H12FN3O2. The first-order valence-corrected chi connectivity index (χ1v) is 4.50. The predicted molar refractivity (Wildman–Crippen MR) is 57.5 cm³/mol. The Hall–Kier alpha value is -2.11. The summed E-state index contributed by atoms with van der Waals surface area (Å²) in [5, 5.41) is 0. The van der Waals surface area contributed by atoms with Crippen molar-refractivity contribution in [3.05, 3.63) is 30.1 Å². The van der Waals surface area contributed by atoms with E-state index in [0.29, 0.717) is 4.90 Å². The summed E-state index contributed by atoms with van der Waals surface area (Å²) in [6.07, 6.45) is 0. The van der Waals surface area contributed by atoms with E-state index < -0.39 is 17.9 Å². The number of nitrogens with two attached hydrogens (primary N) is 1. The van der Waals surface area contributed by atoms with Gasteiger partial charge in [0.2, 0.25) is 0 Å². The minimum absolute atomic E-state index is 0.0839. The fourth-order valence-corrected chi connectivity index (χ4v) is 1.15. The van der Waals surface area contributed by atoms with E-state index in [1.807, 2.05) is 0 Å². The molecule has 0 radical (unpaired) electrons. The molecule has 0 heterocycles. The lowest BCUT2D eigenvalue weighted by molar-refractivity contribution is 0.204. The number of rotatable bonds is 1. The number of halogens is 1. The average molecular weight is 225 g/mol. The van der Waals surface area contributed by atoms with Crippen LogP contribution in [0.2, 0.25) is 0 Å². The SMILES string of the molecule is CN(C(N)=O)C(=O)N(C)c1ccccc1F. The standard InChI is InChI=1S/C10H12FN3O2/c1-13(10(16)14(2)9(12)15)8-6-4-3-5-7(8)11/h3-6H,1-2H3,(H2,12,15). The normalized spacial score (nSPS) is 9.69. The zero-order valence-corrected chi connectivity index (χ0v) is 8.98. The molecule has 0 aliphatic heterocycles. The highest BCUT2D eigenvalue weighted by Crippen LogP contribution is 2.17. The number of para-hydroxylation sites is 1. The summed E-state index contributed by atoms with van der Waals surface area (Å²) < 4.78 is 13.3. The molecule has 16 heavy (non-hydrogen) atoms. The quantitative estimate of drug-likeness (QED) is 0.784. The van der Waals surface area contributed by atoms with Crippen LogP contribution in [0.4, 0.5) is 19.7 Å². The maximum absolute atomic E-state index is 13.3. The number of urea groups is 2. The fourth-order valence-electron chi connectivity index (χ4n) is 1.15. The number of anilines is 1. The van der Waals surface area contributed by atoms with Crippen LogP contribution in [0.3, 0.4) is 0 Å². The Morgan fingerprint density at radius 3 is 2.31 bits per heavy atom. The third kappa shape index (κ3) is 2.28. The lowest BCUT2D eigenvalue weighted by atomic mass is 10.3. The van der Waals surface area contributed by atoms with E-state index >= 15 is 0 Å². The molecule has 86 valence electrons. The van der Waals surface area contributed by atoms with Gasteiger partial charge in [-0.05, 0) is 12.1 Å². The second-order valence-corrected chi connectivity index (χ2v) is 3.19. The molecule has 0 saturated heterocycles. The van der Waals surface area contributed by atoms with Crippen molar-refractivity contribution in [1.29, 1.82) is 0 Å². The van der Waals surface area contributed by atoms with Crippen molar-refractivity contribution in [3.8, 4) is 0 Å². The number of imide groups is 1. The zero-order valence-electron chi connectivity index (χ0n) is 8.98. The minimum atomic E-state index is -0.895. The molecule has 1 aromatic carbocycles. The summed E-state index contributed by atoms with van der Waals surface area (Å²) in [6, 6.07) is 4.16. The van der Waals surface area contributed by atoms with Crippen molar-refractivity contribution >= 4 is 17.7 Å². The highest BCUT2D eigenvalue weighted by atomic mass is 19.1. The van der Waals surface area contributed by atoms with Crippen LogP contribution in [-0.4, -0.2) is 31.1 Å². The molecule has 0 fully saturated rings. The second-order valence-electron chi connectivity index (χ2n) is 3.19. The van der Waals surface area contributed by atoms with Crippen LogP contribution in [0.5, 0.6) is 0 Å². The van der Waals surface area contributed by atoms with Crippen molar-refractivity contribution in [2.75, 3.05) is 19.0 Å². The highest BCUT2D eigenvalue weighted by Gasteiger charge is 2.21. The Kier molecular flexibility index (Phi) is 3.44. The molecular weight excluding hydrogens is 213 g/mol. The van der Waals surface area contributed by atoms with Crippen LogP contribution < -0.4 is 10.6 Å². The zero-order chi connectivity index (χ0) is 12.3. The van der Waals surface area contributed by atoms with E-state index in [-0.39, 0.29) is 5.69 Å². The Bertz CT molecular complexity index is 422. The molecule has 4 amide bonds. The van der Waals surface area contributed by atoms with Gasteiger partial charge in [0.05, 0.1) is 5.69 Å². The third-order valence-corrected chi connectivity index (χ3v) is 2.12. The molecule has 0 bridgehead atoms. The Morgan fingerprint density at radius 2 is 1.81 bits per heavy atom. The minimum Gasteiger partial charge on any atom is -0.351 e. The van der Waals surface area contributed by atoms with Gasteiger partial charge in [0, 0.05) is 14.1 Å². The van der Waals surface area contributed by atoms with Crippen molar-refractivity contribution in [1.82, 2.24) is 4.90 Å². The molecule has 0 saturated carbocycles. The van der Waals surface area contributed by atoms with Gasteiger partial charge >= 0.3 is 12.1 Å². The van der Waals surface area contributed by atoms with Crippen molar-refractivity contribution in [2.45, 2.75) is 0 Å². The van der Waals surface area contributed by atoms with Gasteiger partial charge in [-0.1, -0.05) is 12.1 Å².